The van der Waals surface area contributed by atoms with Crippen LogP contribution in [0.4, 0.5) is 13.2 Å². The van der Waals surface area contributed by atoms with Crippen molar-refractivity contribution in [1.29, 1.82) is 0 Å². The molecule has 2 aromatic carbocycles. The number of carbonyl (C=O) groups excluding carboxylic acids is 3. The number of methoxy groups -OCH3 is 1. The summed E-state index contributed by atoms with van der Waals surface area (Å²) in [7, 11) is 3.08. The van der Waals surface area contributed by atoms with Gasteiger partial charge in [0.2, 0.25) is 5.91 Å². The molecule has 1 aliphatic carbocycles. The summed E-state index contributed by atoms with van der Waals surface area (Å²) in [6, 6.07) is 9.17. The summed E-state index contributed by atoms with van der Waals surface area (Å²) < 4.78 is 44.2. The lowest BCUT2D eigenvalue weighted by Gasteiger charge is -2.40. The van der Waals surface area contributed by atoms with Gasteiger partial charge in [-0.05, 0) is 68.5 Å². The van der Waals surface area contributed by atoms with Gasteiger partial charge in [-0.1, -0.05) is 6.07 Å². The van der Waals surface area contributed by atoms with Gasteiger partial charge in [-0.3, -0.25) is 19.3 Å². The molecule has 12 heteroatoms. The molecule has 222 valence electrons. The average molecular weight is 577 g/mol. The molecule has 2 aliphatic rings. The van der Waals surface area contributed by atoms with E-state index < -0.39 is 29.2 Å². The summed E-state index contributed by atoms with van der Waals surface area (Å²) in [5.74, 6) is -0.890. The fourth-order valence-electron chi connectivity index (χ4n) is 5.69. The third-order valence-corrected chi connectivity index (χ3v) is 7.94. The van der Waals surface area contributed by atoms with E-state index in [0.717, 1.165) is 44.0 Å². The fraction of sp³-hybridized carbons (Fsp3) is 0.483. The zero-order valence-electron chi connectivity index (χ0n) is 23.0. The monoisotopic (exact) mass is 576 g/mol. The molecule has 4 N–H and O–H groups in total. The van der Waals surface area contributed by atoms with E-state index in [1.165, 1.54) is 13.2 Å². The van der Waals surface area contributed by atoms with Gasteiger partial charge in [-0.2, -0.15) is 13.2 Å². The van der Waals surface area contributed by atoms with Gasteiger partial charge in [0.25, 0.3) is 11.8 Å². The van der Waals surface area contributed by atoms with Gasteiger partial charge in [-0.25, -0.2) is 0 Å². The number of amides is 3. The number of benzene rings is 2. The van der Waals surface area contributed by atoms with Crippen LogP contribution in [-0.4, -0.2) is 73.6 Å². The van der Waals surface area contributed by atoms with Crippen molar-refractivity contribution in [3.63, 3.8) is 0 Å². The Morgan fingerprint density at radius 2 is 1.76 bits per heavy atom. The highest BCUT2D eigenvalue weighted by Gasteiger charge is 2.40. The van der Waals surface area contributed by atoms with Crippen molar-refractivity contribution < 1.29 is 37.4 Å². The number of likely N-dealkylation sites (tertiary alicyclic amines) is 1. The molecule has 1 atom stereocenters. The minimum Gasteiger partial charge on any atom is -0.496 e. The van der Waals surface area contributed by atoms with Gasteiger partial charge in [0.05, 0.1) is 24.8 Å². The van der Waals surface area contributed by atoms with Crippen LogP contribution in [0.15, 0.2) is 42.5 Å². The predicted octanol–water partition coefficient (Wildman–Crippen LogP) is 2.82. The van der Waals surface area contributed by atoms with Crippen LogP contribution in [0.3, 0.4) is 0 Å². The highest BCUT2D eigenvalue weighted by molar-refractivity contribution is 5.96. The molecule has 4 rings (SSSR count). The van der Waals surface area contributed by atoms with E-state index in [1.807, 2.05) is 0 Å². The molecule has 1 aliphatic heterocycles. The lowest BCUT2D eigenvalue weighted by molar-refractivity contribution is -0.137. The molecule has 2 fully saturated rings. The number of alkyl halides is 3. The molecule has 0 radical (unpaired) electrons. The minimum atomic E-state index is -4.57. The normalized spacial score (nSPS) is 23.1. The number of aliphatic hydroxyl groups is 1. The van der Waals surface area contributed by atoms with Crippen LogP contribution >= 0.6 is 0 Å². The van der Waals surface area contributed by atoms with Crippen LogP contribution in [0, 0.1) is 0 Å². The molecule has 1 heterocycles. The van der Waals surface area contributed by atoms with E-state index in [0.29, 0.717) is 36.3 Å². The molecule has 41 heavy (non-hydrogen) atoms. The van der Waals surface area contributed by atoms with Crippen LogP contribution in [-0.2, 0) is 16.6 Å². The molecule has 0 aromatic heterocycles. The lowest BCUT2D eigenvalue weighted by atomic mass is 9.76. The van der Waals surface area contributed by atoms with Crippen molar-refractivity contribution in [3.8, 4) is 5.75 Å². The summed E-state index contributed by atoms with van der Waals surface area (Å²) in [6.07, 6.45) is -1.43. The van der Waals surface area contributed by atoms with Gasteiger partial charge < -0.3 is 25.8 Å². The second kappa shape index (κ2) is 12.5. The topological polar surface area (TPSA) is 120 Å². The Labute approximate surface area is 236 Å². The van der Waals surface area contributed by atoms with Crippen molar-refractivity contribution in [2.45, 2.75) is 56.0 Å². The van der Waals surface area contributed by atoms with Gasteiger partial charge in [0, 0.05) is 48.9 Å². The largest absolute Gasteiger partial charge is 0.496 e. The van der Waals surface area contributed by atoms with E-state index in [9.17, 15) is 32.7 Å². The molecule has 0 unspecified atom stereocenters. The molecular weight excluding hydrogens is 541 g/mol. The number of nitrogens with zero attached hydrogens (tertiary/aromatic N) is 1. The highest BCUT2D eigenvalue weighted by Crippen LogP contribution is 2.43. The Hall–Kier alpha value is -3.64. The quantitative estimate of drug-likeness (QED) is 0.384. The number of nitrogens with one attached hydrogen (secondary N) is 3. The van der Waals surface area contributed by atoms with Gasteiger partial charge in [0.1, 0.15) is 5.75 Å². The number of ether oxygens (including phenoxy) is 1. The zero-order valence-corrected chi connectivity index (χ0v) is 23.0. The molecule has 0 bridgehead atoms. The van der Waals surface area contributed by atoms with Crippen molar-refractivity contribution in [2.75, 3.05) is 33.8 Å². The summed E-state index contributed by atoms with van der Waals surface area (Å²) in [6.45, 7) is 1.03. The summed E-state index contributed by atoms with van der Waals surface area (Å²) in [4.78, 5) is 39.1. The molecule has 2 aromatic rings. The van der Waals surface area contributed by atoms with E-state index in [4.69, 9.17) is 4.74 Å². The van der Waals surface area contributed by atoms with Crippen molar-refractivity contribution in [1.82, 2.24) is 20.9 Å². The zero-order chi connectivity index (χ0) is 29.8. The summed E-state index contributed by atoms with van der Waals surface area (Å²) in [5.41, 5.74) is -1.19. The number of carbonyl (C=O) groups is 3. The first kappa shape index (κ1) is 30.3. The SMILES string of the molecule is CNC(=O)c1ccc(OC)c(C2(O)CCC(N3CC[C@@H](NC(=O)CNC(=O)c4cccc(C(F)(F)F)c4)C3)CC2)c1. The Morgan fingerprint density at radius 3 is 2.41 bits per heavy atom. The smallest absolute Gasteiger partial charge is 0.416 e. The van der Waals surface area contributed by atoms with Crippen molar-refractivity contribution in [2.24, 2.45) is 0 Å². The Morgan fingerprint density at radius 1 is 1.05 bits per heavy atom. The maximum Gasteiger partial charge on any atom is 0.416 e. The number of rotatable bonds is 8. The van der Waals surface area contributed by atoms with Crippen LogP contribution in [0.2, 0.25) is 0 Å². The first-order valence-electron chi connectivity index (χ1n) is 13.6. The minimum absolute atomic E-state index is 0.127. The van der Waals surface area contributed by atoms with E-state index in [1.54, 1.807) is 25.2 Å². The highest BCUT2D eigenvalue weighted by atomic mass is 19.4. The molecule has 3 amide bonds. The second-order valence-electron chi connectivity index (χ2n) is 10.6. The molecular formula is C29H35F3N4O5. The Kier molecular flexibility index (Phi) is 9.23. The standard InChI is InChI=1S/C29H35F3N4O5/c1-33-26(38)19-6-7-24(41-2)23(15-19)28(40)11-8-22(9-12-28)36-13-10-21(17-36)35-25(37)16-34-27(39)18-4-3-5-20(14-18)29(30,31)32/h3-7,14-15,21-22,40H,8-13,16-17H2,1-2H3,(H,33,38)(H,34,39)(H,35,37)/t21-,22?,28?/m1/s1. The Balaban J connectivity index is 1.26. The molecule has 0 spiro atoms. The van der Waals surface area contributed by atoms with E-state index in [2.05, 4.69) is 20.9 Å². The third kappa shape index (κ3) is 7.17. The van der Waals surface area contributed by atoms with Gasteiger partial charge in [-0.15, -0.1) is 0 Å². The van der Waals surface area contributed by atoms with Crippen molar-refractivity contribution >= 4 is 17.7 Å². The van der Waals surface area contributed by atoms with Crippen molar-refractivity contribution in [3.05, 3.63) is 64.7 Å². The molecule has 9 nitrogen and oxygen atoms in total. The first-order valence-corrected chi connectivity index (χ1v) is 13.6. The maximum atomic E-state index is 12.9. The summed E-state index contributed by atoms with van der Waals surface area (Å²) in [5, 5.41) is 19.4. The van der Waals surface area contributed by atoms with Crippen LogP contribution in [0.5, 0.6) is 5.75 Å². The molecule has 1 saturated heterocycles. The number of hydrogen-bond donors (Lipinski definition) is 4. The van der Waals surface area contributed by atoms with E-state index in [-0.39, 0.29) is 30.1 Å². The number of halogens is 3. The maximum absolute atomic E-state index is 12.9. The van der Waals surface area contributed by atoms with E-state index >= 15 is 0 Å². The first-order chi connectivity index (χ1) is 19.4. The average Bonchev–Trinajstić information content (AvgIpc) is 3.43. The van der Waals surface area contributed by atoms with Crippen LogP contribution in [0.1, 0.15) is 63.9 Å². The number of hydrogen-bond acceptors (Lipinski definition) is 6. The predicted molar refractivity (Wildman–Crippen MR) is 144 cm³/mol. The summed E-state index contributed by atoms with van der Waals surface area (Å²) >= 11 is 0. The lowest BCUT2D eigenvalue weighted by Crippen LogP contribution is -2.45. The Bertz CT molecular complexity index is 1280. The van der Waals surface area contributed by atoms with Crippen LogP contribution < -0.4 is 20.7 Å². The van der Waals surface area contributed by atoms with Gasteiger partial charge in [0.15, 0.2) is 0 Å². The third-order valence-electron chi connectivity index (χ3n) is 7.94. The van der Waals surface area contributed by atoms with Gasteiger partial charge >= 0.3 is 6.18 Å². The fourth-order valence-corrected chi connectivity index (χ4v) is 5.69. The second-order valence-corrected chi connectivity index (χ2v) is 10.6. The van der Waals surface area contributed by atoms with Crippen LogP contribution in [0.25, 0.3) is 0 Å². The molecule has 1 saturated carbocycles.